The maximum atomic E-state index is 13.1. The second-order valence-electron chi connectivity index (χ2n) is 6.24. The van der Waals surface area contributed by atoms with Crippen LogP contribution >= 0.6 is 0 Å². The van der Waals surface area contributed by atoms with Gasteiger partial charge in [0, 0.05) is 17.5 Å². The molecule has 0 aliphatic carbocycles. The molecule has 2 heterocycles. The standard InChI is InChI=1S/C20H21NO5/c1-4-21(13(3)16-9-14-7-5-6-8-15(14)26-16)20(24)19-12(2)11-25-17(19)10-18(22)23/h5-9,11,13H,4,10H2,1-3H3,(H,22,23). The average molecular weight is 355 g/mol. The van der Waals surface area contributed by atoms with E-state index in [1.165, 1.54) is 6.26 Å². The molecule has 2 aromatic heterocycles. The van der Waals surface area contributed by atoms with Crippen LogP contribution in [0.15, 0.2) is 45.4 Å². The van der Waals surface area contributed by atoms with Crippen LogP contribution < -0.4 is 0 Å². The van der Waals surface area contributed by atoms with Gasteiger partial charge < -0.3 is 18.8 Å². The van der Waals surface area contributed by atoms with Gasteiger partial charge in [-0.05, 0) is 32.9 Å². The number of nitrogens with zero attached hydrogens (tertiary/aromatic N) is 1. The van der Waals surface area contributed by atoms with Crippen LogP contribution in [0, 0.1) is 6.92 Å². The number of aryl methyl sites for hydroxylation is 1. The van der Waals surface area contributed by atoms with Gasteiger partial charge in [-0.3, -0.25) is 9.59 Å². The van der Waals surface area contributed by atoms with Crippen molar-refractivity contribution in [2.45, 2.75) is 33.2 Å². The first-order chi connectivity index (χ1) is 12.4. The van der Waals surface area contributed by atoms with E-state index >= 15 is 0 Å². The molecule has 3 rings (SSSR count). The monoisotopic (exact) mass is 355 g/mol. The summed E-state index contributed by atoms with van der Waals surface area (Å²) in [6.07, 6.45) is 1.09. The highest BCUT2D eigenvalue weighted by atomic mass is 16.4. The smallest absolute Gasteiger partial charge is 0.311 e. The predicted octanol–water partition coefficient (Wildman–Crippen LogP) is 4.18. The first kappa shape index (κ1) is 17.8. The van der Waals surface area contributed by atoms with Crippen LogP contribution in [0.1, 0.15) is 47.3 Å². The minimum absolute atomic E-state index is 0.176. The maximum absolute atomic E-state index is 13.1. The Morgan fingerprint density at radius 1 is 1.27 bits per heavy atom. The van der Waals surface area contributed by atoms with Crippen molar-refractivity contribution in [2.75, 3.05) is 6.54 Å². The molecule has 1 unspecified atom stereocenters. The summed E-state index contributed by atoms with van der Waals surface area (Å²) in [5, 5.41) is 10.0. The number of amides is 1. The number of rotatable bonds is 6. The van der Waals surface area contributed by atoms with Gasteiger partial charge in [0.2, 0.25) is 0 Å². The van der Waals surface area contributed by atoms with E-state index in [4.69, 9.17) is 13.9 Å². The minimum atomic E-state index is -1.04. The van der Waals surface area contributed by atoms with E-state index in [1.807, 2.05) is 44.2 Å². The van der Waals surface area contributed by atoms with E-state index in [0.29, 0.717) is 23.4 Å². The van der Waals surface area contributed by atoms with Crippen LogP contribution in [0.3, 0.4) is 0 Å². The van der Waals surface area contributed by atoms with Gasteiger partial charge in [0.1, 0.15) is 23.5 Å². The van der Waals surface area contributed by atoms with E-state index in [9.17, 15) is 9.59 Å². The molecule has 0 aliphatic heterocycles. The Kier molecular flexibility index (Phi) is 4.84. The largest absolute Gasteiger partial charge is 0.481 e. The van der Waals surface area contributed by atoms with Crippen molar-refractivity contribution in [3.05, 3.63) is 59.2 Å². The number of para-hydroxylation sites is 1. The summed E-state index contributed by atoms with van der Waals surface area (Å²) in [5.74, 6) is -0.442. The van der Waals surface area contributed by atoms with Crippen LogP contribution in [0.2, 0.25) is 0 Å². The fraction of sp³-hybridized carbons (Fsp3) is 0.300. The van der Waals surface area contributed by atoms with Gasteiger partial charge in [-0.25, -0.2) is 0 Å². The van der Waals surface area contributed by atoms with Crippen molar-refractivity contribution >= 4 is 22.8 Å². The quantitative estimate of drug-likeness (QED) is 0.717. The van der Waals surface area contributed by atoms with Crippen LogP contribution in [-0.4, -0.2) is 28.4 Å². The molecule has 1 amide bonds. The lowest BCUT2D eigenvalue weighted by Gasteiger charge is -2.27. The number of hydrogen-bond donors (Lipinski definition) is 1. The number of aliphatic carboxylic acids is 1. The second kappa shape index (κ2) is 7.07. The molecule has 0 radical (unpaired) electrons. The molecule has 1 aromatic carbocycles. The summed E-state index contributed by atoms with van der Waals surface area (Å²) >= 11 is 0. The summed E-state index contributed by atoms with van der Waals surface area (Å²) in [6, 6.07) is 9.30. The molecule has 0 aliphatic rings. The first-order valence-corrected chi connectivity index (χ1v) is 8.50. The SMILES string of the molecule is CCN(C(=O)c1c(C)coc1CC(=O)O)C(C)c1cc2ccccc2o1. The van der Waals surface area contributed by atoms with E-state index < -0.39 is 5.97 Å². The third-order valence-corrected chi connectivity index (χ3v) is 4.50. The van der Waals surface area contributed by atoms with Crippen molar-refractivity contribution in [1.29, 1.82) is 0 Å². The molecule has 3 aromatic rings. The van der Waals surface area contributed by atoms with E-state index in [0.717, 1.165) is 11.0 Å². The molecular formula is C20H21NO5. The minimum Gasteiger partial charge on any atom is -0.481 e. The molecule has 0 saturated heterocycles. The topological polar surface area (TPSA) is 83.9 Å². The fourth-order valence-corrected chi connectivity index (χ4v) is 3.15. The number of furan rings is 2. The summed E-state index contributed by atoms with van der Waals surface area (Å²) in [6.45, 7) is 5.96. The number of hydrogen-bond acceptors (Lipinski definition) is 4. The fourth-order valence-electron chi connectivity index (χ4n) is 3.15. The molecule has 0 bridgehead atoms. The average Bonchev–Trinajstić information content (AvgIpc) is 3.18. The van der Waals surface area contributed by atoms with Crippen LogP contribution in [0.5, 0.6) is 0 Å². The molecule has 0 fully saturated rings. The number of carbonyl (C=O) groups excluding carboxylic acids is 1. The Morgan fingerprint density at radius 2 is 2.00 bits per heavy atom. The van der Waals surface area contributed by atoms with E-state index in [-0.39, 0.29) is 24.1 Å². The maximum Gasteiger partial charge on any atom is 0.311 e. The molecule has 0 saturated carbocycles. The van der Waals surface area contributed by atoms with Crippen molar-refractivity contribution in [2.24, 2.45) is 0 Å². The first-order valence-electron chi connectivity index (χ1n) is 8.50. The molecule has 26 heavy (non-hydrogen) atoms. The van der Waals surface area contributed by atoms with Crippen molar-refractivity contribution < 1.29 is 23.5 Å². The predicted molar refractivity (Wildman–Crippen MR) is 96.1 cm³/mol. The number of carboxylic acid groups (broad SMARTS) is 1. The number of fused-ring (bicyclic) bond motifs is 1. The highest BCUT2D eigenvalue weighted by molar-refractivity contribution is 5.97. The number of carboxylic acids is 1. The van der Waals surface area contributed by atoms with Crippen molar-refractivity contribution in [3.8, 4) is 0 Å². The normalized spacial score (nSPS) is 12.3. The van der Waals surface area contributed by atoms with Crippen molar-refractivity contribution in [1.82, 2.24) is 4.90 Å². The molecular weight excluding hydrogens is 334 g/mol. The Bertz CT molecular complexity index is 919. The Labute approximate surface area is 151 Å². The number of benzene rings is 1. The molecule has 6 heteroatoms. The Hall–Kier alpha value is -3.02. The van der Waals surface area contributed by atoms with Gasteiger partial charge in [0.15, 0.2) is 0 Å². The highest BCUT2D eigenvalue weighted by Crippen LogP contribution is 2.30. The van der Waals surface area contributed by atoms with Gasteiger partial charge in [-0.2, -0.15) is 0 Å². The summed E-state index contributed by atoms with van der Waals surface area (Å²) in [4.78, 5) is 25.8. The van der Waals surface area contributed by atoms with Gasteiger partial charge >= 0.3 is 5.97 Å². The van der Waals surface area contributed by atoms with Gasteiger partial charge in [-0.1, -0.05) is 18.2 Å². The van der Waals surface area contributed by atoms with Crippen LogP contribution in [-0.2, 0) is 11.2 Å². The van der Waals surface area contributed by atoms with Gasteiger partial charge in [0.05, 0.1) is 17.9 Å². The Morgan fingerprint density at radius 3 is 2.65 bits per heavy atom. The zero-order valence-corrected chi connectivity index (χ0v) is 15.0. The van der Waals surface area contributed by atoms with Crippen LogP contribution in [0.25, 0.3) is 11.0 Å². The zero-order chi connectivity index (χ0) is 18.8. The lowest BCUT2D eigenvalue weighted by Crippen LogP contribution is -2.34. The van der Waals surface area contributed by atoms with E-state index in [2.05, 4.69) is 0 Å². The molecule has 0 spiro atoms. The van der Waals surface area contributed by atoms with E-state index in [1.54, 1.807) is 11.8 Å². The van der Waals surface area contributed by atoms with Gasteiger partial charge in [-0.15, -0.1) is 0 Å². The molecule has 6 nitrogen and oxygen atoms in total. The number of carbonyl (C=O) groups is 2. The second-order valence-corrected chi connectivity index (χ2v) is 6.24. The lowest BCUT2D eigenvalue weighted by molar-refractivity contribution is -0.136. The third-order valence-electron chi connectivity index (χ3n) is 4.50. The zero-order valence-electron chi connectivity index (χ0n) is 15.0. The summed E-state index contributed by atoms with van der Waals surface area (Å²) < 4.78 is 11.2. The lowest BCUT2D eigenvalue weighted by atomic mass is 10.1. The third kappa shape index (κ3) is 3.22. The van der Waals surface area contributed by atoms with Crippen LogP contribution in [0.4, 0.5) is 0 Å². The highest BCUT2D eigenvalue weighted by Gasteiger charge is 2.29. The summed E-state index contributed by atoms with van der Waals surface area (Å²) in [5.41, 5.74) is 1.71. The molecule has 136 valence electrons. The Balaban J connectivity index is 1.94. The van der Waals surface area contributed by atoms with Gasteiger partial charge in [0.25, 0.3) is 5.91 Å². The summed E-state index contributed by atoms with van der Waals surface area (Å²) in [7, 11) is 0. The molecule has 1 atom stereocenters. The molecule has 1 N–H and O–H groups in total. The van der Waals surface area contributed by atoms with Crippen molar-refractivity contribution in [3.63, 3.8) is 0 Å².